The van der Waals surface area contributed by atoms with Gasteiger partial charge in [0.05, 0.1) is 11.4 Å². The van der Waals surface area contributed by atoms with Crippen LogP contribution in [0.5, 0.6) is 0 Å². The van der Waals surface area contributed by atoms with Crippen LogP contribution in [0.4, 0.5) is 0 Å². The highest BCUT2D eigenvalue weighted by Gasteiger charge is 2.26. The lowest BCUT2D eigenvalue weighted by molar-refractivity contribution is 0.470. The van der Waals surface area contributed by atoms with E-state index in [1.807, 2.05) is 18.2 Å². The summed E-state index contributed by atoms with van der Waals surface area (Å²) in [7, 11) is -1.94. The van der Waals surface area contributed by atoms with Crippen molar-refractivity contribution in [1.82, 2.24) is 19.5 Å². The van der Waals surface area contributed by atoms with E-state index in [2.05, 4.69) is 15.2 Å². The van der Waals surface area contributed by atoms with Crippen LogP contribution in [0.3, 0.4) is 0 Å². The number of aryl methyl sites for hydroxylation is 2. The Labute approximate surface area is 118 Å². The number of sulfonamides is 1. The first kappa shape index (κ1) is 14.7. The Morgan fingerprint density at radius 1 is 1.30 bits per heavy atom. The molecule has 6 nitrogen and oxygen atoms in total. The zero-order valence-corrected chi connectivity index (χ0v) is 12.6. The number of hydrogen-bond donors (Lipinski definition) is 1. The second-order valence-corrected chi connectivity index (χ2v) is 6.64. The van der Waals surface area contributed by atoms with Gasteiger partial charge in [0, 0.05) is 31.9 Å². The van der Waals surface area contributed by atoms with Gasteiger partial charge in [-0.25, -0.2) is 12.7 Å². The van der Waals surface area contributed by atoms with Gasteiger partial charge < -0.3 is 0 Å². The average Bonchev–Trinajstić information content (AvgIpc) is 2.77. The van der Waals surface area contributed by atoms with E-state index >= 15 is 0 Å². The van der Waals surface area contributed by atoms with Gasteiger partial charge in [-0.2, -0.15) is 5.10 Å². The van der Waals surface area contributed by atoms with Gasteiger partial charge in [0.15, 0.2) is 0 Å². The minimum atomic E-state index is -3.52. The summed E-state index contributed by atoms with van der Waals surface area (Å²) in [5, 5.41) is 6.64. The van der Waals surface area contributed by atoms with E-state index < -0.39 is 10.0 Å². The highest BCUT2D eigenvalue weighted by Crippen LogP contribution is 2.20. The molecule has 0 aromatic carbocycles. The van der Waals surface area contributed by atoms with Crippen molar-refractivity contribution in [3.63, 3.8) is 0 Å². The number of aromatic amines is 1. The molecule has 0 unspecified atom stereocenters. The number of likely N-dealkylation sites (N-methyl/N-ethyl adjacent to an activating group) is 1. The minimum absolute atomic E-state index is 0.265. The molecule has 0 radical (unpaired) electrons. The fourth-order valence-electron chi connectivity index (χ4n) is 2.01. The van der Waals surface area contributed by atoms with E-state index in [1.165, 1.54) is 4.31 Å². The summed E-state index contributed by atoms with van der Waals surface area (Å²) in [5.74, 6) is 0. The number of pyridine rings is 1. The maximum Gasteiger partial charge on any atom is 0.246 e. The van der Waals surface area contributed by atoms with Crippen LogP contribution in [0.25, 0.3) is 0 Å². The zero-order valence-electron chi connectivity index (χ0n) is 11.8. The molecular formula is C13H18N4O2S. The average molecular weight is 294 g/mol. The number of H-pyrrole nitrogens is 1. The third kappa shape index (κ3) is 2.88. The SMILES string of the molecule is Cc1n[nH]c(C)c1S(=O)(=O)N(C)CCc1ccccn1. The van der Waals surface area contributed by atoms with Crippen molar-refractivity contribution in [3.8, 4) is 0 Å². The molecule has 0 amide bonds. The molecule has 2 rings (SSSR count). The molecule has 0 saturated carbocycles. The summed E-state index contributed by atoms with van der Waals surface area (Å²) in [6.45, 7) is 3.77. The van der Waals surface area contributed by atoms with Crippen LogP contribution in [0.15, 0.2) is 29.3 Å². The largest absolute Gasteiger partial charge is 0.281 e. The third-order valence-electron chi connectivity index (χ3n) is 3.14. The smallest absolute Gasteiger partial charge is 0.246 e. The van der Waals surface area contributed by atoms with E-state index in [4.69, 9.17) is 0 Å². The fraction of sp³-hybridized carbons (Fsp3) is 0.385. The van der Waals surface area contributed by atoms with Gasteiger partial charge in [-0.3, -0.25) is 10.1 Å². The maximum atomic E-state index is 12.5. The summed E-state index contributed by atoms with van der Waals surface area (Å²) in [6.07, 6.45) is 2.28. The van der Waals surface area contributed by atoms with E-state index in [0.29, 0.717) is 24.4 Å². The van der Waals surface area contributed by atoms with E-state index in [9.17, 15) is 8.42 Å². The molecule has 0 saturated heterocycles. The monoisotopic (exact) mass is 294 g/mol. The van der Waals surface area contributed by atoms with Crippen LogP contribution in [0.2, 0.25) is 0 Å². The van der Waals surface area contributed by atoms with Crippen molar-refractivity contribution >= 4 is 10.0 Å². The van der Waals surface area contributed by atoms with E-state index in [1.54, 1.807) is 27.1 Å². The lowest BCUT2D eigenvalue weighted by Crippen LogP contribution is -2.29. The maximum absolute atomic E-state index is 12.5. The van der Waals surface area contributed by atoms with Gasteiger partial charge in [0.1, 0.15) is 4.90 Å². The Balaban J connectivity index is 2.14. The zero-order chi connectivity index (χ0) is 14.8. The molecule has 0 spiro atoms. The van der Waals surface area contributed by atoms with Gasteiger partial charge in [-0.1, -0.05) is 6.07 Å². The van der Waals surface area contributed by atoms with Gasteiger partial charge in [0.2, 0.25) is 10.0 Å². The molecule has 0 bridgehead atoms. The molecule has 1 N–H and O–H groups in total. The molecular weight excluding hydrogens is 276 g/mol. The summed E-state index contributed by atoms with van der Waals surface area (Å²) in [6, 6.07) is 5.61. The lowest BCUT2D eigenvalue weighted by Gasteiger charge is -2.17. The Hall–Kier alpha value is -1.73. The van der Waals surface area contributed by atoms with E-state index in [0.717, 1.165) is 5.69 Å². The van der Waals surface area contributed by atoms with Crippen LogP contribution in [0.1, 0.15) is 17.1 Å². The molecule has 2 heterocycles. The molecule has 0 aliphatic rings. The molecule has 108 valence electrons. The summed E-state index contributed by atoms with van der Waals surface area (Å²) >= 11 is 0. The summed E-state index contributed by atoms with van der Waals surface area (Å²) in [5.41, 5.74) is 1.93. The van der Waals surface area contributed by atoms with Crippen molar-refractivity contribution in [3.05, 3.63) is 41.5 Å². The van der Waals surface area contributed by atoms with Crippen LogP contribution in [-0.2, 0) is 16.4 Å². The van der Waals surface area contributed by atoms with Crippen LogP contribution >= 0.6 is 0 Å². The van der Waals surface area contributed by atoms with Gasteiger partial charge in [-0.05, 0) is 26.0 Å². The van der Waals surface area contributed by atoms with Crippen molar-refractivity contribution in [2.75, 3.05) is 13.6 Å². The molecule has 7 heteroatoms. The van der Waals surface area contributed by atoms with Crippen LogP contribution < -0.4 is 0 Å². The van der Waals surface area contributed by atoms with Crippen molar-refractivity contribution in [2.45, 2.75) is 25.2 Å². The summed E-state index contributed by atoms with van der Waals surface area (Å²) < 4.78 is 26.3. The Morgan fingerprint density at radius 2 is 2.05 bits per heavy atom. The van der Waals surface area contributed by atoms with Gasteiger partial charge >= 0.3 is 0 Å². The lowest BCUT2D eigenvalue weighted by atomic mass is 10.3. The number of nitrogens with zero attached hydrogens (tertiary/aromatic N) is 3. The Bertz CT molecular complexity index is 660. The highest BCUT2D eigenvalue weighted by atomic mass is 32.2. The molecule has 2 aromatic rings. The standard InChI is InChI=1S/C13H18N4O2S/c1-10-13(11(2)16-15-10)20(18,19)17(3)9-7-12-6-4-5-8-14-12/h4-6,8H,7,9H2,1-3H3,(H,15,16). The quantitative estimate of drug-likeness (QED) is 0.901. The topological polar surface area (TPSA) is 79.0 Å². The first-order valence-electron chi connectivity index (χ1n) is 6.30. The molecule has 0 atom stereocenters. The fourth-order valence-corrected chi connectivity index (χ4v) is 3.51. The van der Waals surface area contributed by atoms with Crippen molar-refractivity contribution < 1.29 is 8.42 Å². The predicted octanol–water partition coefficient (Wildman–Crippen LogP) is 1.28. The second kappa shape index (κ2) is 5.72. The van der Waals surface area contributed by atoms with Crippen molar-refractivity contribution in [2.24, 2.45) is 0 Å². The Kier molecular flexibility index (Phi) is 4.20. The first-order valence-corrected chi connectivity index (χ1v) is 7.74. The van der Waals surface area contributed by atoms with Crippen LogP contribution in [0, 0.1) is 13.8 Å². The Morgan fingerprint density at radius 3 is 2.60 bits per heavy atom. The number of aromatic nitrogens is 3. The molecule has 2 aromatic heterocycles. The van der Waals surface area contributed by atoms with Crippen molar-refractivity contribution in [1.29, 1.82) is 0 Å². The number of nitrogens with one attached hydrogen (secondary N) is 1. The number of rotatable bonds is 5. The summed E-state index contributed by atoms with van der Waals surface area (Å²) in [4.78, 5) is 4.46. The van der Waals surface area contributed by atoms with Crippen LogP contribution in [-0.4, -0.2) is 41.5 Å². The minimum Gasteiger partial charge on any atom is -0.281 e. The molecule has 0 aliphatic heterocycles. The second-order valence-electron chi connectivity index (χ2n) is 4.66. The molecule has 20 heavy (non-hydrogen) atoms. The number of hydrogen-bond acceptors (Lipinski definition) is 4. The molecule has 0 aliphatic carbocycles. The molecule has 0 fully saturated rings. The highest BCUT2D eigenvalue weighted by molar-refractivity contribution is 7.89. The first-order chi connectivity index (χ1) is 9.43. The normalized spacial score (nSPS) is 12.0. The third-order valence-corrected chi connectivity index (χ3v) is 5.26. The van der Waals surface area contributed by atoms with E-state index in [-0.39, 0.29) is 4.90 Å². The van der Waals surface area contributed by atoms with Gasteiger partial charge in [-0.15, -0.1) is 0 Å². The van der Waals surface area contributed by atoms with Gasteiger partial charge in [0.25, 0.3) is 0 Å². The predicted molar refractivity (Wildman–Crippen MR) is 75.8 cm³/mol.